The van der Waals surface area contributed by atoms with Crippen LogP contribution in [0.2, 0.25) is 5.02 Å². The Labute approximate surface area is 139 Å². The summed E-state index contributed by atoms with van der Waals surface area (Å²) >= 11 is 4.77. The molecule has 0 unspecified atom stereocenters. The first kappa shape index (κ1) is 16.1. The van der Waals surface area contributed by atoms with Gasteiger partial charge in [0.25, 0.3) is 0 Å². The van der Waals surface area contributed by atoms with Gasteiger partial charge in [0.15, 0.2) is 0 Å². The molecule has 2 aromatic carbocycles. The fraction of sp³-hybridized carbons (Fsp3) is 0.200. The van der Waals surface area contributed by atoms with Gasteiger partial charge in [0.1, 0.15) is 0 Å². The minimum absolute atomic E-state index is 0.0809. The van der Waals surface area contributed by atoms with E-state index in [-0.39, 0.29) is 10.6 Å². The van der Waals surface area contributed by atoms with Crippen molar-refractivity contribution in [1.82, 2.24) is 0 Å². The van der Waals surface area contributed by atoms with Crippen molar-refractivity contribution in [3.8, 4) is 0 Å². The number of hydrogen-bond donors (Lipinski definition) is 0. The number of aryl methyl sites for hydroxylation is 1. The van der Waals surface area contributed by atoms with Crippen molar-refractivity contribution in [3.05, 3.63) is 63.2 Å². The summed E-state index contributed by atoms with van der Waals surface area (Å²) in [5, 5.41) is 11.6. The van der Waals surface area contributed by atoms with Crippen LogP contribution in [0.3, 0.4) is 0 Å². The fourth-order valence-corrected chi connectivity index (χ4v) is 5.26. The van der Waals surface area contributed by atoms with E-state index in [4.69, 9.17) is 11.6 Å². The number of anilines is 1. The van der Waals surface area contributed by atoms with Gasteiger partial charge in [-0.3, -0.25) is 0 Å². The van der Waals surface area contributed by atoms with E-state index in [2.05, 4.69) is 34.3 Å². The van der Waals surface area contributed by atoms with E-state index in [1.54, 1.807) is 12.1 Å². The summed E-state index contributed by atoms with van der Waals surface area (Å²) in [4.78, 5) is 10.9. The molecule has 4 nitrogen and oxygen atoms in total. The van der Waals surface area contributed by atoms with Crippen molar-refractivity contribution in [1.29, 1.82) is 0 Å². The summed E-state index contributed by atoms with van der Waals surface area (Å²) in [7, 11) is 0. The van der Waals surface area contributed by atoms with Crippen LogP contribution in [-0.2, 0) is 0 Å². The standard InChI is InChI=1S/C8H8ClN2O2.C7H7.Sn/c1-2-10-7-4-3-6(9)5-8(7)11(12)13;1-7-5-3-2-4-6-7;/h3-5H,2H2,1H3;3-6H,1H3;/q-1;;+1. The maximum absolute atomic E-state index is 11.2. The molecular formula is C15H15ClN2O2Sn. The van der Waals surface area contributed by atoms with Crippen LogP contribution in [0.5, 0.6) is 0 Å². The Hall–Kier alpha value is -1.27. The molecular weight excluding hydrogens is 394 g/mol. The topological polar surface area (TPSA) is 46.4 Å². The number of halogens is 1. The van der Waals surface area contributed by atoms with Gasteiger partial charge in [-0.15, -0.1) is 0 Å². The Morgan fingerprint density at radius 1 is 1.24 bits per heavy atom. The van der Waals surface area contributed by atoms with Crippen molar-refractivity contribution in [3.63, 3.8) is 0 Å². The molecule has 0 amide bonds. The van der Waals surface area contributed by atoms with Crippen LogP contribution < -0.4 is 6.70 Å². The Bertz CT molecular complexity index is 647. The summed E-state index contributed by atoms with van der Waals surface area (Å²) in [6.45, 7) is 4.83. The number of benzene rings is 2. The molecule has 21 heavy (non-hydrogen) atoms. The Kier molecular flexibility index (Phi) is 5.47. The molecule has 0 N–H and O–H groups in total. The monoisotopic (exact) mass is 410 g/mol. The average molecular weight is 409 g/mol. The van der Waals surface area contributed by atoms with E-state index >= 15 is 0 Å². The predicted octanol–water partition coefficient (Wildman–Crippen LogP) is 3.33. The quantitative estimate of drug-likeness (QED) is 0.432. The first-order chi connectivity index (χ1) is 10.0. The Balaban J connectivity index is 2.33. The van der Waals surface area contributed by atoms with E-state index in [9.17, 15) is 10.1 Å². The zero-order valence-corrected chi connectivity index (χ0v) is 15.4. The van der Waals surface area contributed by atoms with Crippen LogP contribution >= 0.6 is 11.6 Å². The van der Waals surface area contributed by atoms with Gasteiger partial charge in [-0.2, -0.15) is 0 Å². The zero-order valence-electron chi connectivity index (χ0n) is 11.8. The van der Waals surface area contributed by atoms with Gasteiger partial charge in [-0.1, -0.05) is 0 Å². The van der Waals surface area contributed by atoms with Gasteiger partial charge >= 0.3 is 140 Å². The normalized spacial score (nSPS) is 10.4. The molecule has 0 aliphatic heterocycles. The van der Waals surface area contributed by atoms with Crippen LogP contribution in [-0.4, -0.2) is 32.9 Å². The predicted molar refractivity (Wildman–Crippen MR) is 87.7 cm³/mol. The SMILES string of the molecule is CC[N]([Sn][c]1ccc(C)cc1)c1ccc(Cl)cc1[N+](=O)[O-]. The first-order valence-electron chi connectivity index (χ1n) is 6.56. The molecule has 0 aliphatic rings. The molecule has 6 heteroatoms. The second-order valence-electron chi connectivity index (χ2n) is 4.61. The molecule has 0 bridgehead atoms. The molecule has 0 saturated heterocycles. The van der Waals surface area contributed by atoms with Gasteiger partial charge in [0, 0.05) is 0 Å². The molecule has 0 spiro atoms. The minimum atomic E-state index is -1.11. The molecule has 0 fully saturated rings. The summed E-state index contributed by atoms with van der Waals surface area (Å²) in [5.41, 5.74) is 1.97. The zero-order chi connectivity index (χ0) is 15.4. The van der Waals surface area contributed by atoms with Gasteiger partial charge in [-0.25, -0.2) is 0 Å². The summed E-state index contributed by atoms with van der Waals surface area (Å²) in [6, 6.07) is 13.3. The summed E-state index contributed by atoms with van der Waals surface area (Å²) in [6.07, 6.45) is 0. The van der Waals surface area contributed by atoms with E-state index in [1.807, 2.05) is 6.92 Å². The van der Waals surface area contributed by atoms with E-state index in [0.717, 1.165) is 6.54 Å². The first-order valence-corrected chi connectivity index (χ1v) is 9.64. The average Bonchev–Trinajstić information content (AvgIpc) is 2.47. The number of rotatable bonds is 5. The van der Waals surface area contributed by atoms with Gasteiger partial charge in [0.2, 0.25) is 0 Å². The van der Waals surface area contributed by atoms with Gasteiger partial charge in [-0.05, 0) is 0 Å². The maximum atomic E-state index is 11.2. The molecule has 2 aromatic rings. The molecule has 0 aliphatic carbocycles. The van der Waals surface area contributed by atoms with E-state index < -0.39 is 21.4 Å². The van der Waals surface area contributed by atoms with Gasteiger partial charge in [0.05, 0.1) is 0 Å². The molecule has 0 aromatic heterocycles. The Morgan fingerprint density at radius 2 is 1.90 bits per heavy atom. The van der Waals surface area contributed by atoms with Crippen LogP contribution in [0.1, 0.15) is 12.5 Å². The van der Waals surface area contributed by atoms with Gasteiger partial charge < -0.3 is 0 Å². The third-order valence-corrected chi connectivity index (χ3v) is 7.34. The van der Waals surface area contributed by atoms with Crippen molar-refractivity contribution < 1.29 is 4.92 Å². The molecule has 0 heterocycles. The third kappa shape index (κ3) is 4.11. The summed E-state index contributed by atoms with van der Waals surface area (Å²) < 4.78 is 3.43. The molecule has 108 valence electrons. The van der Waals surface area contributed by atoms with Crippen molar-refractivity contribution in [2.24, 2.45) is 0 Å². The van der Waals surface area contributed by atoms with E-state index in [1.165, 1.54) is 15.2 Å². The molecule has 0 atom stereocenters. The third-order valence-electron chi connectivity index (χ3n) is 3.06. The fourth-order valence-electron chi connectivity index (χ4n) is 1.96. The van der Waals surface area contributed by atoms with Crippen molar-refractivity contribution in [2.45, 2.75) is 13.8 Å². The molecule has 2 rings (SSSR count). The summed E-state index contributed by atoms with van der Waals surface area (Å²) in [5.74, 6) is 0. The molecule has 2 radical (unpaired) electrons. The van der Waals surface area contributed by atoms with Crippen molar-refractivity contribution in [2.75, 3.05) is 9.67 Å². The number of nitrogens with zero attached hydrogens (tertiary/aromatic N) is 2. The number of nitro benzene ring substituents is 1. The second-order valence-corrected chi connectivity index (χ2v) is 8.88. The van der Waals surface area contributed by atoms with E-state index in [0.29, 0.717) is 10.7 Å². The number of hydrogen-bond acceptors (Lipinski definition) is 3. The van der Waals surface area contributed by atoms with Crippen LogP contribution in [0.4, 0.5) is 11.4 Å². The van der Waals surface area contributed by atoms with Crippen LogP contribution in [0.25, 0.3) is 0 Å². The molecule has 0 saturated carbocycles. The Morgan fingerprint density at radius 3 is 2.48 bits per heavy atom. The van der Waals surface area contributed by atoms with Crippen molar-refractivity contribution >= 4 is 48.0 Å². The second kappa shape index (κ2) is 7.13. The van der Waals surface area contributed by atoms with Crippen LogP contribution in [0, 0.1) is 17.0 Å². The van der Waals surface area contributed by atoms with Crippen LogP contribution in [0.15, 0.2) is 42.5 Å². The number of nitro groups is 1.